The summed E-state index contributed by atoms with van der Waals surface area (Å²) in [5.74, 6) is 1.77. The van der Waals surface area contributed by atoms with E-state index >= 15 is 0 Å². The second-order valence-corrected chi connectivity index (χ2v) is 6.56. The Labute approximate surface area is 150 Å². The zero-order chi connectivity index (χ0) is 18.7. The lowest BCUT2D eigenvalue weighted by atomic mass is 10.0. The van der Waals surface area contributed by atoms with Gasteiger partial charge in [-0.1, -0.05) is 35.4 Å². The second-order valence-electron chi connectivity index (χ2n) is 6.56. The van der Waals surface area contributed by atoms with Gasteiger partial charge in [0.05, 0.1) is 11.4 Å². The lowest BCUT2D eigenvalue weighted by Gasteiger charge is -2.21. The van der Waals surface area contributed by atoms with Gasteiger partial charge < -0.3 is 0 Å². The number of carbonyl (C=O) groups excluding carboxylic acids is 1. The van der Waals surface area contributed by atoms with Gasteiger partial charge in [0.15, 0.2) is 0 Å². The summed E-state index contributed by atoms with van der Waals surface area (Å²) in [5.41, 5.74) is 8.11. The minimum atomic E-state index is -0.429. The molecule has 0 heterocycles. The number of hydrogen-bond acceptors (Lipinski definition) is 2. The summed E-state index contributed by atoms with van der Waals surface area (Å²) in [5, 5.41) is 0. The highest BCUT2D eigenvalue weighted by atomic mass is 16.2. The molecule has 0 radical (unpaired) electrons. The first-order chi connectivity index (χ1) is 11.7. The van der Waals surface area contributed by atoms with E-state index in [1.807, 2.05) is 46.8 Å². The minimum absolute atomic E-state index is 0.429. The molecule has 0 aromatic heterocycles. The largest absolute Gasteiger partial charge is 0.307 e. The SMILES string of the molecule is C#CC(=O)N(C=Nc1c(C)cc(C)cc1C)c1c(C)cc(C)cc1C. The molecular formula is C22H24N2O. The summed E-state index contributed by atoms with van der Waals surface area (Å²) in [6, 6.07) is 8.23. The standard InChI is InChI=1S/C22H24N2O/c1-8-20(25)24(22-18(6)11-15(3)12-19(22)7)13-23-21-16(4)9-14(2)10-17(21)5/h1,9-13H,2-7H3. The molecular weight excluding hydrogens is 308 g/mol. The zero-order valence-electron chi connectivity index (χ0n) is 15.8. The summed E-state index contributed by atoms with van der Waals surface area (Å²) in [6.45, 7) is 12.1. The van der Waals surface area contributed by atoms with E-state index in [4.69, 9.17) is 6.42 Å². The normalized spacial score (nSPS) is 10.8. The first kappa shape index (κ1) is 18.5. The number of benzene rings is 2. The fraction of sp³-hybridized carbons (Fsp3) is 0.273. The molecule has 3 heteroatoms. The van der Waals surface area contributed by atoms with Crippen molar-refractivity contribution in [3.8, 4) is 12.3 Å². The third kappa shape index (κ3) is 3.97. The molecule has 0 spiro atoms. The highest BCUT2D eigenvalue weighted by molar-refractivity contribution is 6.17. The van der Waals surface area contributed by atoms with Gasteiger partial charge in [-0.05, 0) is 69.7 Å². The van der Waals surface area contributed by atoms with Crippen LogP contribution in [0.1, 0.15) is 33.4 Å². The quantitative estimate of drug-likeness (QED) is 0.449. The van der Waals surface area contributed by atoms with Gasteiger partial charge in [0, 0.05) is 0 Å². The van der Waals surface area contributed by atoms with Gasteiger partial charge >= 0.3 is 5.91 Å². The van der Waals surface area contributed by atoms with Gasteiger partial charge in [-0.15, -0.1) is 6.42 Å². The molecule has 0 aliphatic heterocycles. The third-order valence-corrected chi connectivity index (χ3v) is 4.16. The topological polar surface area (TPSA) is 32.7 Å². The van der Waals surface area contributed by atoms with Crippen LogP contribution < -0.4 is 4.90 Å². The van der Waals surface area contributed by atoms with Crippen LogP contribution in [0.2, 0.25) is 0 Å². The number of aryl methyl sites for hydroxylation is 6. The molecule has 25 heavy (non-hydrogen) atoms. The molecule has 0 atom stereocenters. The van der Waals surface area contributed by atoms with E-state index in [2.05, 4.69) is 30.0 Å². The molecule has 2 rings (SSSR count). The Morgan fingerprint density at radius 1 is 0.920 bits per heavy atom. The van der Waals surface area contributed by atoms with Gasteiger partial charge in [-0.2, -0.15) is 0 Å². The molecule has 0 unspecified atom stereocenters. The summed E-state index contributed by atoms with van der Waals surface area (Å²) in [6.07, 6.45) is 6.93. The monoisotopic (exact) mass is 332 g/mol. The Morgan fingerprint density at radius 2 is 1.36 bits per heavy atom. The summed E-state index contributed by atoms with van der Waals surface area (Å²) in [4.78, 5) is 18.4. The first-order valence-corrected chi connectivity index (χ1v) is 8.24. The van der Waals surface area contributed by atoms with E-state index in [-0.39, 0.29) is 0 Å². The van der Waals surface area contributed by atoms with E-state index in [0.29, 0.717) is 0 Å². The Kier molecular flexibility index (Phi) is 5.44. The maximum absolute atomic E-state index is 12.3. The van der Waals surface area contributed by atoms with Crippen molar-refractivity contribution in [2.45, 2.75) is 41.5 Å². The Morgan fingerprint density at radius 3 is 1.80 bits per heavy atom. The number of rotatable bonds is 3. The number of hydrogen-bond donors (Lipinski definition) is 0. The second kappa shape index (κ2) is 7.36. The fourth-order valence-corrected chi connectivity index (χ4v) is 3.33. The maximum Gasteiger partial charge on any atom is 0.307 e. The molecule has 2 aromatic carbocycles. The van der Waals surface area contributed by atoms with Crippen LogP contribution in [-0.4, -0.2) is 12.2 Å². The van der Waals surface area contributed by atoms with Crippen LogP contribution in [0, 0.1) is 53.9 Å². The number of anilines is 1. The molecule has 2 aromatic rings. The molecule has 0 saturated carbocycles. The van der Waals surface area contributed by atoms with E-state index in [1.54, 1.807) is 0 Å². The summed E-state index contributed by atoms with van der Waals surface area (Å²) < 4.78 is 0. The average Bonchev–Trinajstić information content (AvgIpc) is 2.50. The molecule has 128 valence electrons. The number of nitrogens with zero attached hydrogens (tertiary/aromatic N) is 2. The van der Waals surface area contributed by atoms with E-state index in [9.17, 15) is 4.79 Å². The predicted molar refractivity (Wildman–Crippen MR) is 106 cm³/mol. The highest BCUT2D eigenvalue weighted by Gasteiger charge is 2.17. The van der Waals surface area contributed by atoms with E-state index in [0.717, 1.165) is 39.2 Å². The van der Waals surface area contributed by atoms with Crippen LogP contribution in [0.5, 0.6) is 0 Å². The third-order valence-electron chi connectivity index (χ3n) is 4.16. The summed E-state index contributed by atoms with van der Waals surface area (Å²) in [7, 11) is 0. The maximum atomic E-state index is 12.3. The molecule has 0 saturated heterocycles. The van der Waals surface area contributed by atoms with Crippen molar-refractivity contribution < 1.29 is 4.79 Å². The van der Waals surface area contributed by atoms with Gasteiger partial charge in [0.2, 0.25) is 0 Å². The number of aliphatic imine (C=N–C) groups is 1. The average molecular weight is 332 g/mol. The molecule has 0 N–H and O–H groups in total. The van der Waals surface area contributed by atoms with Crippen LogP contribution >= 0.6 is 0 Å². The molecule has 3 nitrogen and oxygen atoms in total. The van der Waals surface area contributed by atoms with E-state index < -0.39 is 5.91 Å². The van der Waals surface area contributed by atoms with Crippen LogP contribution in [0.25, 0.3) is 0 Å². The Balaban J connectivity index is 2.55. The van der Waals surface area contributed by atoms with E-state index in [1.165, 1.54) is 16.8 Å². The van der Waals surface area contributed by atoms with Crippen molar-refractivity contribution >= 4 is 23.6 Å². The van der Waals surface area contributed by atoms with Crippen LogP contribution in [0.4, 0.5) is 11.4 Å². The first-order valence-electron chi connectivity index (χ1n) is 8.24. The van der Waals surface area contributed by atoms with Crippen LogP contribution in [-0.2, 0) is 4.79 Å². The number of terminal acetylenes is 1. The van der Waals surface area contributed by atoms with Gasteiger partial charge in [-0.3, -0.25) is 9.69 Å². The number of amides is 1. The fourth-order valence-electron chi connectivity index (χ4n) is 3.33. The van der Waals surface area contributed by atoms with Crippen molar-refractivity contribution in [2.24, 2.45) is 4.99 Å². The molecule has 0 fully saturated rings. The van der Waals surface area contributed by atoms with Crippen molar-refractivity contribution in [1.82, 2.24) is 0 Å². The van der Waals surface area contributed by atoms with Crippen molar-refractivity contribution in [2.75, 3.05) is 4.90 Å². The number of carbonyl (C=O) groups is 1. The Hall–Kier alpha value is -2.86. The van der Waals surface area contributed by atoms with Crippen molar-refractivity contribution in [3.05, 3.63) is 57.6 Å². The lowest BCUT2D eigenvalue weighted by molar-refractivity contribution is -0.112. The predicted octanol–water partition coefficient (Wildman–Crippen LogP) is 4.86. The lowest BCUT2D eigenvalue weighted by Crippen LogP contribution is -2.29. The Bertz CT molecular complexity index is 855. The summed E-state index contributed by atoms with van der Waals surface area (Å²) >= 11 is 0. The van der Waals surface area contributed by atoms with Gasteiger partial charge in [-0.25, -0.2) is 4.99 Å². The van der Waals surface area contributed by atoms with Crippen LogP contribution in [0.3, 0.4) is 0 Å². The molecule has 0 aliphatic carbocycles. The smallest absolute Gasteiger partial charge is 0.260 e. The van der Waals surface area contributed by atoms with Crippen LogP contribution in [0.15, 0.2) is 29.3 Å². The van der Waals surface area contributed by atoms with Gasteiger partial charge in [0.25, 0.3) is 0 Å². The zero-order valence-corrected chi connectivity index (χ0v) is 15.8. The molecule has 1 amide bonds. The minimum Gasteiger partial charge on any atom is -0.260 e. The van der Waals surface area contributed by atoms with Gasteiger partial charge in [0.1, 0.15) is 6.34 Å². The molecule has 0 aliphatic rings. The molecule has 0 bridgehead atoms. The van der Waals surface area contributed by atoms with Crippen molar-refractivity contribution in [3.63, 3.8) is 0 Å². The van der Waals surface area contributed by atoms with Crippen molar-refractivity contribution in [1.29, 1.82) is 0 Å². The highest BCUT2D eigenvalue weighted by Crippen LogP contribution is 2.28.